The van der Waals surface area contributed by atoms with Crippen molar-refractivity contribution in [3.8, 4) is 5.75 Å². The summed E-state index contributed by atoms with van der Waals surface area (Å²) in [5.41, 5.74) is 3.03. The van der Waals surface area contributed by atoms with Crippen LogP contribution in [0.1, 0.15) is 49.6 Å². The lowest BCUT2D eigenvalue weighted by Crippen LogP contribution is -2.08. The molecular weight excluding hydrogens is 290 g/mol. The van der Waals surface area contributed by atoms with Crippen molar-refractivity contribution in [2.45, 2.75) is 59.1 Å². The van der Waals surface area contributed by atoms with Crippen molar-refractivity contribution in [2.24, 2.45) is 0 Å². The summed E-state index contributed by atoms with van der Waals surface area (Å²) in [6, 6.07) is 8.12. The second-order valence-electron chi connectivity index (χ2n) is 5.84. The Bertz CT molecular complexity index is 578. The highest BCUT2D eigenvalue weighted by molar-refractivity contribution is 5.26. The van der Waals surface area contributed by atoms with E-state index in [2.05, 4.69) is 36.3 Å². The van der Waals surface area contributed by atoms with E-state index in [1.54, 1.807) is 0 Å². The maximum absolute atomic E-state index is 9.35. The first-order valence-corrected chi connectivity index (χ1v) is 8.46. The van der Waals surface area contributed by atoms with E-state index in [0.717, 1.165) is 50.1 Å². The van der Waals surface area contributed by atoms with Crippen molar-refractivity contribution in [3.05, 3.63) is 41.2 Å². The predicted octanol–water partition coefficient (Wildman–Crippen LogP) is 3.28. The van der Waals surface area contributed by atoms with Gasteiger partial charge in [-0.3, -0.25) is 0 Å². The van der Waals surface area contributed by atoms with Gasteiger partial charge in [-0.05, 0) is 44.7 Å². The highest BCUT2D eigenvalue weighted by Crippen LogP contribution is 2.13. The van der Waals surface area contributed by atoms with E-state index in [-0.39, 0.29) is 6.61 Å². The summed E-state index contributed by atoms with van der Waals surface area (Å²) in [6.07, 6.45) is 5.10. The summed E-state index contributed by atoms with van der Waals surface area (Å²) in [4.78, 5) is 0. The van der Waals surface area contributed by atoms with Gasteiger partial charge in [0.25, 0.3) is 0 Å². The van der Waals surface area contributed by atoms with E-state index >= 15 is 0 Å². The number of unbranched alkanes of at least 4 members (excludes halogenated alkanes) is 2. The molecule has 0 bridgehead atoms. The highest BCUT2D eigenvalue weighted by Gasteiger charge is 2.11. The maximum atomic E-state index is 9.35. The average molecular weight is 317 g/mol. The zero-order chi connectivity index (χ0) is 16.5. The number of rotatable bonds is 10. The number of hydrogen-bond acceptors (Lipinski definition) is 4. The molecule has 0 aliphatic carbocycles. The third-order valence-electron chi connectivity index (χ3n) is 3.89. The predicted molar refractivity (Wildman–Crippen MR) is 90.5 cm³/mol. The molecule has 1 heterocycles. The third kappa shape index (κ3) is 5.36. The van der Waals surface area contributed by atoms with Gasteiger partial charge in [0.2, 0.25) is 0 Å². The summed E-state index contributed by atoms with van der Waals surface area (Å²) in [5.74, 6) is 0.919. The molecule has 5 nitrogen and oxygen atoms in total. The first-order valence-electron chi connectivity index (χ1n) is 8.46. The zero-order valence-electron chi connectivity index (χ0n) is 14.2. The molecule has 0 aliphatic heterocycles. The number of aliphatic hydroxyl groups is 1. The normalized spacial score (nSPS) is 10.9. The third-order valence-corrected chi connectivity index (χ3v) is 3.89. The SMILES string of the molecule is CCCCc1c(CO)nnn1CCCCOc1ccc(C)cc1. The van der Waals surface area contributed by atoms with E-state index in [1.165, 1.54) is 5.56 Å². The van der Waals surface area contributed by atoms with Crippen LogP contribution >= 0.6 is 0 Å². The average Bonchev–Trinajstić information content (AvgIpc) is 2.96. The van der Waals surface area contributed by atoms with Crippen LogP contribution in [0.15, 0.2) is 24.3 Å². The van der Waals surface area contributed by atoms with Crippen LogP contribution in [0, 0.1) is 6.92 Å². The fraction of sp³-hybridized carbons (Fsp3) is 0.556. The first kappa shape index (κ1) is 17.5. The van der Waals surface area contributed by atoms with Crippen molar-refractivity contribution in [1.82, 2.24) is 15.0 Å². The lowest BCUT2D eigenvalue weighted by atomic mass is 10.1. The van der Waals surface area contributed by atoms with E-state index in [1.807, 2.05) is 16.8 Å². The minimum absolute atomic E-state index is 0.0322. The number of hydrogen-bond donors (Lipinski definition) is 1. The largest absolute Gasteiger partial charge is 0.494 e. The van der Waals surface area contributed by atoms with Crippen LogP contribution in [-0.4, -0.2) is 26.7 Å². The Kier molecular flexibility index (Phi) is 7.07. The van der Waals surface area contributed by atoms with Crippen LogP contribution in [-0.2, 0) is 19.6 Å². The molecule has 0 atom stereocenters. The topological polar surface area (TPSA) is 60.2 Å². The zero-order valence-corrected chi connectivity index (χ0v) is 14.2. The molecule has 1 N–H and O–H groups in total. The number of aromatic nitrogens is 3. The van der Waals surface area contributed by atoms with Gasteiger partial charge < -0.3 is 9.84 Å². The summed E-state index contributed by atoms with van der Waals surface area (Å²) in [6.45, 7) is 5.72. The number of ether oxygens (including phenoxy) is 1. The van der Waals surface area contributed by atoms with Gasteiger partial charge in [-0.25, -0.2) is 4.68 Å². The Balaban J connectivity index is 1.75. The number of aryl methyl sites for hydroxylation is 2. The summed E-state index contributed by atoms with van der Waals surface area (Å²) >= 11 is 0. The van der Waals surface area contributed by atoms with Crippen LogP contribution in [0.4, 0.5) is 0 Å². The minimum atomic E-state index is -0.0322. The lowest BCUT2D eigenvalue weighted by molar-refractivity contribution is 0.275. The summed E-state index contributed by atoms with van der Waals surface area (Å²) in [5, 5.41) is 17.6. The van der Waals surface area contributed by atoms with E-state index in [4.69, 9.17) is 4.74 Å². The van der Waals surface area contributed by atoms with Crippen LogP contribution < -0.4 is 4.74 Å². The van der Waals surface area contributed by atoms with Crippen LogP contribution in [0.5, 0.6) is 5.75 Å². The molecule has 0 saturated carbocycles. The van der Waals surface area contributed by atoms with Crippen molar-refractivity contribution < 1.29 is 9.84 Å². The fourth-order valence-electron chi connectivity index (χ4n) is 2.48. The van der Waals surface area contributed by atoms with E-state index < -0.39 is 0 Å². The molecule has 2 rings (SSSR count). The molecule has 1 aromatic carbocycles. The van der Waals surface area contributed by atoms with Gasteiger partial charge in [0.15, 0.2) is 0 Å². The molecule has 0 aliphatic rings. The first-order chi connectivity index (χ1) is 11.2. The number of aliphatic hydroxyl groups excluding tert-OH is 1. The molecule has 23 heavy (non-hydrogen) atoms. The monoisotopic (exact) mass is 317 g/mol. The fourth-order valence-corrected chi connectivity index (χ4v) is 2.48. The summed E-state index contributed by atoms with van der Waals surface area (Å²) < 4.78 is 7.67. The molecule has 1 aromatic heterocycles. The molecule has 0 unspecified atom stereocenters. The van der Waals surface area contributed by atoms with Crippen molar-refractivity contribution in [3.63, 3.8) is 0 Å². The second kappa shape index (κ2) is 9.30. The van der Waals surface area contributed by atoms with Crippen molar-refractivity contribution in [1.29, 1.82) is 0 Å². The van der Waals surface area contributed by atoms with Crippen molar-refractivity contribution in [2.75, 3.05) is 6.61 Å². The van der Waals surface area contributed by atoms with Gasteiger partial charge in [0, 0.05) is 6.54 Å². The minimum Gasteiger partial charge on any atom is -0.494 e. The Morgan fingerprint density at radius 3 is 2.61 bits per heavy atom. The van der Waals surface area contributed by atoms with Crippen LogP contribution in [0.2, 0.25) is 0 Å². The Morgan fingerprint density at radius 1 is 1.13 bits per heavy atom. The van der Waals surface area contributed by atoms with Gasteiger partial charge in [0.1, 0.15) is 11.4 Å². The van der Waals surface area contributed by atoms with Gasteiger partial charge in [-0.2, -0.15) is 0 Å². The molecule has 0 radical (unpaired) electrons. The van der Waals surface area contributed by atoms with Crippen LogP contribution in [0.3, 0.4) is 0 Å². The quantitative estimate of drug-likeness (QED) is 0.683. The highest BCUT2D eigenvalue weighted by atomic mass is 16.5. The molecule has 0 saturated heterocycles. The summed E-state index contributed by atoms with van der Waals surface area (Å²) in [7, 11) is 0. The molecule has 0 spiro atoms. The van der Waals surface area contributed by atoms with Gasteiger partial charge in [0.05, 0.1) is 18.9 Å². The Morgan fingerprint density at radius 2 is 1.91 bits per heavy atom. The number of benzene rings is 1. The van der Waals surface area contributed by atoms with Crippen LogP contribution in [0.25, 0.3) is 0 Å². The van der Waals surface area contributed by atoms with Gasteiger partial charge in [-0.1, -0.05) is 36.3 Å². The van der Waals surface area contributed by atoms with E-state index in [0.29, 0.717) is 12.3 Å². The van der Waals surface area contributed by atoms with E-state index in [9.17, 15) is 5.11 Å². The second-order valence-corrected chi connectivity index (χ2v) is 5.84. The molecule has 0 amide bonds. The Hall–Kier alpha value is -1.88. The smallest absolute Gasteiger partial charge is 0.119 e. The standard InChI is InChI=1S/C18H27N3O2/c1-3-4-7-18-17(14-22)19-20-21(18)12-5-6-13-23-16-10-8-15(2)9-11-16/h8-11,22H,3-7,12-14H2,1-2H3. The number of nitrogens with zero attached hydrogens (tertiary/aromatic N) is 3. The lowest BCUT2D eigenvalue weighted by Gasteiger charge is -2.08. The Labute approximate surface area is 138 Å². The van der Waals surface area contributed by atoms with Crippen molar-refractivity contribution >= 4 is 0 Å². The molecular formula is C18H27N3O2. The molecule has 126 valence electrons. The van der Waals surface area contributed by atoms with Gasteiger partial charge >= 0.3 is 0 Å². The van der Waals surface area contributed by atoms with Gasteiger partial charge in [-0.15, -0.1) is 5.10 Å². The molecule has 2 aromatic rings. The maximum Gasteiger partial charge on any atom is 0.119 e. The molecule has 5 heteroatoms. The molecule has 0 fully saturated rings.